The summed E-state index contributed by atoms with van der Waals surface area (Å²) in [6.07, 6.45) is -3.21. The Morgan fingerprint density at radius 1 is 1.33 bits per heavy atom. The SMILES string of the molecule is Cc1cc(Br)ccc1NC(=O)C1CCCC(C(F)(F)F)C1. The highest BCUT2D eigenvalue weighted by Gasteiger charge is 2.43. The van der Waals surface area contributed by atoms with Crippen LogP contribution in [0.1, 0.15) is 31.2 Å². The first-order valence-corrected chi connectivity index (χ1v) is 7.70. The molecular formula is C15H17BrF3NO. The molecule has 6 heteroatoms. The number of aryl methyl sites for hydroxylation is 1. The molecule has 2 nitrogen and oxygen atoms in total. The van der Waals surface area contributed by atoms with Gasteiger partial charge in [0.15, 0.2) is 0 Å². The zero-order valence-electron chi connectivity index (χ0n) is 11.6. The molecular weight excluding hydrogens is 347 g/mol. The normalized spacial score (nSPS) is 22.9. The summed E-state index contributed by atoms with van der Waals surface area (Å²) >= 11 is 3.33. The molecule has 1 N–H and O–H groups in total. The van der Waals surface area contributed by atoms with Gasteiger partial charge in [-0.2, -0.15) is 13.2 Å². The van der Waals surface area contributed by atoms with Crippen molar-refractivity contribution in [2.75, 3.05) is 5.32 Å². The number of benzene rings is 1. The summed E-state index contributed by atoms with van der Waals surface area (Å²) in [6.45, 7) is 1.85. The van der Waals surface area contributed by atoms with E-state index in [1.54, 1.807) is 12.1 Å². The monoisotopic (exact) mass is 363 g/mol. The largest absolute Gasteiger partial charge is 0.391 e. The Balaban J connectivity index is 2.03. The Bertz CT molecular complexity index is 530. The van der Waals surface area contributed by atoms with Gasteiger partial charge in [-0.25, -0.2) is 0 Å². The zero-order valence-corrected chi connectivity index (χ0v) is 13.2. The summed E-state index contributed by atoms with van der Waals surface area (Å²) in [7, 11) is 0. The maximum Gasteiger partial charge on any atom is 0.391 e. The zero-order chi connectivity index (χ0) is 15.6. The quantitative estimate of drug-likeness (QED) is 0.781. The number of anilines is 1. The van der Waals surface area contributed by atoms with Crippen LogP contribution >= 0.6 is 15.9 Å². The number of nitrogens with one attached hydrogen (secondary N) is 1. The fourth-order valence-electron chi connectivity index (χ4n) is 2.73. The van der Waals surface area contributed by atoms with Crippen molar-refractivity contribution < 1.29 is 18.0 Å². The maximum atomic E-state index is 12.8. The Kier molecular flexibility index (Phi) is 4.96. The van der Waals surface area contributed by atoms with Crippen LogP contribution in [0.2, 0.25) is 0 Å². The molecule has 2 atom stereocenters. The number of halogens is 4. The lowest BCUT2D eigenvalue weighted by molar-refractivity contribution is -0.185. The molecule has 1 aromatic rings. The second-order valence-corrected chi connectivity index (χ2v) is 6.47. The van der Waals surface area contributed by atoms with Crippen LogP contribution in [0, 0.1) is 18.8 Å². The van der Waals surface area contributed by atoms with Gasteiger partial charge < -0.3 is 5.32 Å². The van der Waals surface area contributed by atoms with Crippen LogP contribution in [-0.4, -0.2) is 12.1 Å². The second-order valence-electron chi connectivity index (χ2n) is 5.55. The van der Waals surface area contributed by atoms with E-state index in [0.29, 0.717) is 18.5 Å². The molecule has 0 saturated heterocycles. The number of rotatable bonds is 2. The molecule has 1 aliphatic rings. The molecule has 1 fully saturated rings. The van der Waals surface area contributed by atoms with Gasteiger partial charge in [-0.1, -0.05) is 22.4 Å². The first-order chi connectivity index (χ1) is 9.77. The number of carbonyl (C=O) groups excluding carboxylic acids is 1. The minimum atomic E-state index is -4.20. The van der Waals surface area contributed by atoms with Gasteiger partial charge in [0.2, 0.25) is 5.91 Å². The van der Waals surface area contributed by atoms with Crippen LogP contribution < -0.4 is 5.32 Å². The lowest BCUT2D eigenvalue weighted by atomic mass is 9.80. The average molecular weight is 364 g/mol. The summed E-state index contributed by atoms with van der Waals surface area (Å²) in [5.74, 6) is -2.23. The predicted molar refractivity (Wildman–Crippen MR) is 79.0 cm³/mol. The Morgan fingerprint density at radius 3 is 2.67 bits per heavy atom. The minimum Gasteiger partial charge on any atom is -0.326 e. The molecule has 1 aromatic carbocycles. The molecule has 0 heterocycles. The van der Waals surface area contributed by atoms with Gasteiger partial charge in [0, 0.05) is 16.1 Å². The first kappa shape index (κ1) is 16.3. The van der Waals surface area contributed by atoms with E-state index in [1.165, 1.54) is 0 Å². The van der Waals surface area contributed by atoms with Gasteiger partial charge in [0.25, 0.3) is 0 Å². The molecule has 0 radical (unpaired) electrons. The van der Waals surface area contributed by atoms with Crippen molar-refractivity contribution in [1.82, 2.24) is 0 Å². The van der Waals surface area contributed by atoms with Crippen molar-refractivity contribution in [1.29, 1.82) is 0 Å². The van der Waals surface area contributed by atoms with Crippen LogP contribution in [-0.2, 0) is 4.79 Å². The number of carbonyl (C=O) groups is 1. The summed E-state index contributed by atoms with van der Waals surface area (Å²) in [6, 6.07) is 5.40. The van der Waals surface area contributed by atoms with Crippen molar-refractivity contribution in [3.05, 3.63) is 28.2 Å². The van der Waals surface area contributed by atoms with Crippen molar-refractivity contribution in [3.8, 4) is 0 Å². The van der Waals surface area contributed by atoms with E-state index in [0.717, 1.165) is 10.0 Å². The number of alkyl halides is 3. The molecule has 1 saturated carbocycles. The topological polar surface area (TPSA) is 29.1 Å². The third-order valence-electron chi connectivity index (χ3n) is 3.95. The van der Waals surface area contributed by atoms with Crippen LogP contribution in [0.25, 0.3) is 0 Å². The van der Waals surface area contributed by atoms with Crippen molar-refractivity contribution in [3.63, 3.8) is 0 Å². The Labute approximate surface area is 130 Å². The number of amides is 1. The van der Waals surface area contributed by atoms with Gasteiger partial charge in [-0.3, -0.25) is 4.79 Å². The highest BCUT2D eigenvalue weighted by Crippen LogP contribution is 2.40. The van der Waals surface area contributed by atoms with E-state index < -0.39 is 18.0 Å². The molecule has 2 unspecified atom stereocenters. The summed E-state index contributed by atoms with van der Waals surface area (Å²) in [5.41, 5.74) is 1.53. The van der Waals surface area contributed by atoms with Gasteiger partial charge >= 0.3 is 6.18 Å². The molecule has 0 bridgehead atoms. The van der Waals surface area contributed by atoms with E-state index in [9.17, 15) is 18.0 Å². The maximum absolute atomic E-state index is 12.8. The fraction of sp³-hybridized carbons (Fsp3) is 0.533. The second kappa shape index (κ2) is 6.38. The van der Waals surface area contributed by atoms with Crippen LogP contribution in [0.15, 0.2) is 22.7 Å². The molecule has 2 rings (SSSR count). The third-order valence-corrected chi connectivity index (χ3v) is 4.45. The molecule has 0 aromatic heterocycles. The minimum absolute atomic E-state index is 0.106. The number of hydrogen-bond donors (Lipinski definition) is 1. The van der Waals surface area contributed by atoms with E-state index >= 15 is 0 Å². The highest BCUT2D eigenvalue weighted by atomic mass is 79.9. The van der Waals surface area contributed by atoms with Crippen molar-refractivity contribution >= 4 is 27.5 Å². The highest BCUT2D eigenvalue weighted by molar-refractivity contribution is 9.10. The van der Waals surface area contributed by atoms with E-state index in [1.807, 2.05) is 13.0 Å². The van der Waals surface area contributed by atoms with E-state index in [-0.39, 0.29) is 18.7 Å². The molecule has 0 aliphatic heterocycles. The van der Waals surface area contributed by atoms with E-state index in [4.69, 9.17) is 0 Å². The summed E-state index contributed by atoms with van der Waals surface area (Å²) in [5, 5.41) is 2.75. The lowest BCUT2D eigenvalue weighted by Gasteiger charge is -2.29. The van der Waals surface area contributed by atoms with E-state index in [2.05, 4.69) is 21.2 Å². The molecule has 1 amide bonds. The first-order valence-electron chi connectivity index (χ1n) is 6.91. The van der Waals surface area contributed by atoms with Gasteiger partial charge in [0.1, 0.15) is 0 Å². The average Bonchev–Trinajstić information content (AvgIpc) is 2.41. The summed E-state index contributed by atoms with van der Waals surface area (Å²) in [4.78, 5) is 12.2. The Morgan fingerprint density at radius 2 is 2.05 bits per heavy atom. The molecule has 1 aliphatic carbocycles. The summed E-state index contributed by atoms with van der Waals surface area (Å²) < 4.78 is 39.2. The van der Waals surface area contributed by atoms with Crippen molar-refractivity contribution in [2.45, 2.75) is 38.8 Å². The Hall–Kier alpha value is -1.04. The van der Waals surface area contributed by atoms with Crippen LogP contribution in [0.5, 0.6) is 0 Å². The van der Waals surface area contributed by atoms with Crippen LogP contribution in [0.4, 0.5) is 18.9 Å². The number of hydrogen-bond acceptors (Lipinski definition) is 1. The van der Waals surface area contributed by atoms with Crippen LogP contribution in [0.3, 0.4) is 0 Å². The van der Waals surface area contributed by atoms with Gasteiger partial charge in [-0.15, -0.1) is 0 Å². The lowest BCUT2D eigenvalue weighted by Crippen LogP contribution is -2.34. The smallest absolute Gasteiger partial charge is 0.326 e. The molecule has 0 spiro atoms. The standard InChI is InChI=1S/C15H17BrF3NO/c1-9-7-12(16)5-6-13(9)20-14(21)10-3-2-4-11(8-10)15(17,18)19/h5-7,10-11H,2-4,8H2,1H3,(H,20,21). The fourth-order valence-corrected chi connectivity index (χ4v) is 3.20. The van der Waals surface area contributed by atoms with Crippen molar-refractivity contribution in [2.24, 2.45) is 11.8 Å². The molecule has 21 heavy (non-hydrogen) atoms. The van der Waals surface area contributed by atoms with Gasteiger partial charge in [0.05, 0.1) is 5.92 Å². The third kappa shape index (κ3) is 4.22. The van der Waals surface area contributed by atoms with Gasteiger partial charge in [-0.05, 0) is 49.9 Å². The predicted octanol–water partition coefficient (Wildman–Crippen LogP) is 5.06. The molecule has 116 valence electrons.